The zero-order valence-corrected chi connectivity index (χ0v) is 13.2. The summed E-state index contributed by atoms with van der Waals surface area (Å²) in [6.07, 6.45) is 0.632. The summed E-state index contributed by atoms with van der Waals surface area (Å²) in [5, 5.41) is 6.75. The Morgan fingerprint density at radius 1 is 1.29 bits per heavy atom. The third-order valence-corrected chi connectivity index (χ3v) is 5.17. The zero-order valence-electron chi connectivity index (χ0n) is 11.6. The molecule has 0 saturated carbocycles. The second kappa shape index (κ2) is 7.13. The van der Waals surface area contributed by atoms with Crippen molar-refractivity contribution in [2.75, 3.05) is 13.6 Å². The van der Waals surface area contributed by atoms with Crippen LogP contribution in [0.25, 0.3) is 0 Å². The van der Waals surface area contributed by atoms with Gasteiger partial charge in [0.15, 0.2) is 0 Å². The van der Waals surface area contributed by atoms with E-state index in [4.69, 9.17) is 0 Å². The Bertz CT molecular complexity index is 685. The average Bonchev–Trinajstić information content (AvgIpc) is 2.94. The maximum absolute atomic E-state index is 13.5. The molecule has 1 heterocycles. The molecule has 0 spiro atoms. The van der Waals surface area contributed by atoms with Crippen LogP contribution < -0.4 is 10.0 Å². The molecule has 114 valence electrons. The fourth-order valence-electron chi connectivity index (χ4n) is 1.89. The first-order chi connectivity index (χ1) is 10.0. The molecule has 21 heavy (non-hydrogen) atoms. The van der Waals surface area contributed by atoms with Crippen LogP contribution in [0.15, 0.2) is 39.9 Å². The van der Waals surface area contributed by atoms with Crippen LogP contribution in [-0.2, 0) is 23.0 Å². The molecule has 0 aliphatic rings. The molecule has 4 nitrogen and oxygen atoms in total. The van der Waals surface area contributed by atoms with Crippen molar-refractivity contribution in [1.82, 2.24) is 10.0 Å². The Morgan fingerprint density at radius 2 is 2.10 bits per heavy atom. The summed E-state index contributed by atoms with van der Waals surface area (Å²) >= 11 is 1.58. The van der Waals surface area contributed by atoms with Gasteiger partial charge in [0.05, 0.1) is 4.90 Å². The predicted octanol–water partition coefficient (Wildman–Crippen LogP) is 2.13. The summed E-state index contributed by atoms with van der Waals surface area (Å²) < 4.78 is 40.4. The molecule has 0 aliphatic heterocycles. The zero-order chi connectivity index (χ0) is 15.3. The van der Waals surface area contributed by atoms with Crippen molar-refractivity contribution in [3.05, 3.63) is 52.0 Å². The third-order valence-electron chi connectivity index (χ3n) is 2.98. The Balaban J connectivity index is 2.06. The van der Waals surface area contributed by atoms with Gasteiger partial charge in [0, 0.05) is 18.7 Å². The normalized spacial score (nSPS) is 11.7. The molecule has 2 aromatic rings. The SMILES string of the molecule is CNCc1cc(S(=O)(=O)NCCc2ccsc2)ccc1F. The molecule has 0 radical (unpaired) electrons. The van der Waals surface area contributed by atoms with E-state index in [-0.39, 0.29) is 11.4 Å². The second-order valence-electron chi connectivity index (χ2n) is 4.56. The molecule has 2 N–H and O–H groups in total. The molecule has 7 heteroatoms. The van der Waals surface area contributed by atoms with Gasteiger partial charge in [0.1, 0.15) is 5.82 Å². The van der Waals surface area contributed by atoms with E-state index in [1.54, 1.807) is 18.4 Å². The van der Waals surface area contributed by atoms with Crippen LogP contribution in [0.5, 0.6) is 0 Å². The van der Waals surface area contributed by atoms with Gasteiger partial charge in [-0.2, -0.15) is 11.3 Å². The predicted molar refractivity (Wildman–Crippen MR) is 82.4 cm³/mol. The average molecular weight is 328 g/mol. The molecule has 0 saturated heterocycles. The summed E-state index contributed by atoms with van der Waals surface area (Å²) in [4.78, 5) is 0.0828. The summed E-state index contributed by atoms with van der Waals surface area (Å²) in [6.45, 7) is 0.599. The first-order valence-electron chi connectivity index (χ1n) is 6.46. The number of benzene rings is 1. The Hall–Kier alpha value is -1.28. The Kier molecular flexibility index (Phi) is 5.46. The number of thiophene rings is 1. The first kappa shape index (κ1) is 16.1. The second-order valence-corrected chi connectivity index (χ2v) is 7.11. The summed E-state index contributed by atoms with van der Waals surface area (Å²) in [5.74, 6) is -0.415. The highest BCUT2D eigenvalue weighted by molar-refractivity contribution is 7.89. The number of sulfonamides is 1. The van der Waals surface area contributed by atoms with Gasteiger partial charge >= 0.3 is 0 Å². The lowest BCUT2D eigenvalue weighted by atomic mass is 10.2. The number of rotatable bonds is 7. The molecular weight excluding hydrogens is 311 g/mol. The van der Waals surface area contributed by atoms with E-state index < -0.39 is 15.8 Å². The van der Waals surface area contributed by atoms with Gasteiger partial charge in [0.2, 0.25) is 10.0 Å². The number of hydrogen-bond donors (Lipinski definition) is 2. The van der Waals surface area contributed by atoms with Gasteiger partial charge in [-0.1, -0.05) is 0 Å². The lowest BCUT2D eigenvalue weighted by Gasteiger charge is -2.09. The minimum absolute atomic E-state index is 0.0828. The van der Waals surface area contributed by atoms with Gasteiger partial charge < -0.3 is 5.32 Å². The van der Waals surface area contributed by atoms with Gasteiger partial charge in [-0.3, -0.25) is 0 Å². The number of hydrogen-bond acceptors (Lipinski definition) is 4. The maximum Gasteiger partial charge on any atom is 0.240 e. The topological polar surface area (TPSA) is 58.2 Å². The molecule has 1 aromatic heterocycles. The van der Waals surface area contributed by atoms with Crippen LogP contribution >= 0.6 is 11.3 Å². The van der Waals surface area contributed by atoms with E-state index in [9.17, 15) is 12.8 Å². The van der Waals surface area contributed by atoms with Gasteiger partial charge in [-0.25, -0.2) is 17.5 Å². The van der Waals surface area contributed by atoms with Crippen molar-refractivity contribution in [3.63, 3.8) is 0 Å². The Labute approximate surface area is 128 Å². The Morgan fingerprint density at radius 3 is 2.76 bits per heavy atom. The fraction of sp³-hybridized carbons (Fsp3) is 0.286. The van der Waals surface area contributed by atoms with Crippen molar-refractivity contribution in [3.8, 4) is 0 Å². The molecule has 0 amide bonds. The van der Waals surface area contributed by atoms with Crippen LogP contribution in [0.3, 0.4) is 0 Å². The number of nitrogens with one attached hydrogen (secondary N) is 2. The third kappa shape index (κ3) is 4.34. The van der Waals surface area contributed by atoms with Crippen LogP contribution in [0.2, 0.25) is 0 Å². The molecule has 2 rings (SSSR count). The van der Waals surface area contributed by atoms with Crippen molar-refractivity contribution < 1.29 is 12.8 Å². The highest BCUT2D eigenvalue weighted by Crippen LogP contribution is 2.15. The smallest absolute Gasteiger partial charge is 0.240 e. The van der Waals surface area contributed by atoms with Gasteiger partial charge in [-0.05, 0) is 54.1 Å². The summed E-state index contributed by atoms with van der Waals surface area (Å²) in [7, 11) is -1.93. The molecular formula is C14H17FN2O2S2. The van der Waals surface area contributed by atoms with E-state index in [0.29, 0.717) is 18.5 Å². The molecule has 0 bridgehead atoms. The van der Waals surface area contributed by atoms with E-state index in [1.807, 2.05) is 16.8 Å². The minimum atomic E-state index is -3.61. The summed E-state index contributed by atoms with van der Waals surface area (Å²) in [6, 6.07) is 5.78. The highest BCUT2D eigenvalue weighted by atomic mass is 32.2. The quantitative estimate of drug-likeness (QED) is 0.818. The van der Waals surface area contributed by atoms with Crippen LogP contribution in [-0.4, -0.2) is 22.0 Å². The monoisotopic (exact) mass is 328 g/mol. The van der Waals surface area contributed by atoms with Crippen LogP contribution in [0.4, 0.5) is 4.39 Å². The molecule has 0 aliphatic carbocycles. The van der Waals surface area contributed by atoms with Crippen LogP contribution in [0, 0.1) is 5.82 Å². The first-order valence-corrected chi connectivity index (χ1v) is 8.89. The van der Waals surface area contributed by atoms with E-state index in [0.717, 1.165) is 5.56 Å². The molecule has 0 fully saturated rings. The van der Waals surface area contributed by atoms with E-state index in [1.165, 1.54) is 18.2 Å². The summed E-state index contributed by atoms with van der Waals surface area (Å²) in [5.41, 5.74) is 1.43. The standard InChI is InChI=1S/C14H17FN2O2S2/c1-16-9-12-8-13(2-3-14(12)15)21(18,19)17-6-4-11-5-7-20-10-11/h2-3,5,7-8,10,16-17H,4,6,9H2,1H3. The number of halogens is 1. The van der Waals surface area contributed by atoms with Gasteiger partial charge in [0.25, 0.3) is 0 Å². The van der Waals surface area contributed by atoms with Crippen molar-refractivity contribution in [2.45, 2.75) is 17.9 Å². The van der Waals surface area contributed by atoms with Crippen LogP contribution in [0.1, 0.15) is 11.1 Å². The van der Waals surface area contributed by atoms with E-state index in [2.05, 4.69) is 10.0 Å². The molecule has 0 atom stereocenters. The maximum atomic E-state index is 13.5. The molecule has 1 aromatic carbocycles. The van der Waals surface area contributed by atoms with E-state index >= 15 is 0 Å². The lowest BCUT2D eigenvalue weighted by Crippen LogP contribution is -2.26. The minimum Gasteiger partial charge on any atom is -0.316 e. The van der Waals surface area contributed by atoms with Crippen molar-refractivity contribution >= 4 is 21.4 Å². The fourth-order valence-corrected chi connectivity index (χ4v) is 3.68. The largest absolute Gasteiger partial charge is 0.316 e. The molecule has 0 unspecified atom stereocenters. The van der Waals surface area contributed by atoms with Gasteiger partial charge in [-0.15, -0.1) is 0 Å². The van der Waals surface area contributed by atoms with Crippen molar-refractivity contribution in [1.29, 1.82) is 0 Å². The highest BCUT2D eigenvalue weighted by Gasteiger charge is 2.15. The lowest BCUT2D eigenvalue weighted by molar-refractivity contribution is 0.578. The van der Waals surface area contributed by atoms with Crippen molar-refractivity contribution in [2.24, 2.45) is 0 Å².